The van der Waals surface area contributed by atoms with Crippen molar-refractivity contribution in [3.05, 3.63) is 47.2 Å². The minimum atomic E-state index is 0.309. The van der Waals surface area contributed by atoms with Crippen LogP contribution >= 0.6 is 0 Å². The van der Waals surface area contributed by atoms with Gasteiger partial charge in [-0.25, -0.2) is 0 Å². The van der Waals surface area contributed by atoms with Crippen LogP contribution in [-0.4, -0.2) is 22.3 Å². The molecule has 4 rings (SSSR count). The molecule has 1 aromatic carbocycles. The molecule has 0 saturated carbocycles. The van der Waals surface area contributed by atoms with Gasteiger partial charge in [0.25, 0.3) is 0 Å². The van der Waals surface area contributed by atoms with Gasteiger partial charge in [-0.05, 0) is 37.8 Å². The molecule has 3 nitrogen and oxygen atoms in total. The second kappa shape index (κ2) is 5.31. The van der Waals surface area contributed by atoms with Crippen molar-refractivity contribution in [2.75, 3.05) is 6.54 Å². The first-order valence-electron chi connectivity index (χ1n) is 8.25. The lowest BCUT2D eigenvalue weighted by Gasteiger charge is -2.28. The molecule has 0 saturated heterocycles. The number of carbonyl (C=O) groups excluding carboxylic acids is 1. The van der Waals surface area contributed by atoms with Gasteiger partial charge in [0.05, 0.1) is 0 Å². The van der Waals surface area contributed by atoms with E-state index < -0.39 is 0 Å². The van der Waals surface area contributed by atoms with Gasteiger partial charge >= 0.3 is 0 Å². The van der Waals surface area contributed by atoms with Gasteiger partial charge in [0.15, 0.2) is 0 Å². The molecule has 1 unspecified atom stereocenters. The Balaban J connectivity index is 1.57. The van der Waals surface area contributed by atoms with E-state index >= 15 is 0 Å². The molecule has 1 amide bonds. The summed E-state index contributed by atoms with van der Waals surface area (Å²) in [7, 11) is 0. The predicted octanol–water partition coefficient (Wildman–Crippen LogP) is 3.72. The van der Waals surface area contributed by atoms with Crippen LogP contribution in [0, 0.1) is 12.8 Å². The Morgan fingerprint density at radius 2 is 2.32 bits per heavy atom. The van der Waals surface area contributed by atoms with E-state index in [4.69, 9.17) is 0 Å². The van der Waals surface area contributed by atoms with Crippen molar-refractivity contribution in [1.29, 1.82) is 0 Å². The fourth-order valence-electron chi connectivity index (χ4n) is 3.76. The maximum Gasteiger partial charge on any atom is 0.223 e. The van der Waals surface area contributed by atoms with E-state index in [0.29, 0.717) is 18.2 Å². The summed E-state index contributed by atoms with van der Waals surface area (Å²) in [6.07, 6.45) is 8.29. The summed E-state index contributed by atoms with van der Waals surface area (Å²) in [4.78, 5) is 18.1. The van der Waals surface area contributed by atoms with E-state index in [-0.39, 0.29) is 0 Å². The minimum absolute atomic E-state index is 0.309. The number of aromatic nitrogens is 1. The standard InChI is InChI=1S/C19H22N2O/c1-13-6-7-17-15(10-13)16-12-21(9-8-18(16)20-17)19(22)11-14-4-2-3-5-14/h2,4,6-7,10,14,20H,3,5,8-9,11-12H2,1H3. The SMILES string of the molecule is Cc1ccc2[nH]c3c(c2c1)CN(C(=O)CC1C=CCC1)CC3. The first-order valence-corrected chi connectivity index (χ1v) is 8.25. The van der Waals surface area contributed by atoms with Crippen molar-refractivity contribution >= 4 is 16.8 Å². The monoisotopic (exact) mass is 294 g/mol. The number of aromatic amines is 1. The summed E-state index contributed by atoms with van der Waals surface area (Å²) in [5.74, 6) is 0.767. The molecular weight excluding hydrogens is 272 g/mol. The summed E-state index contributed by atoms with van der Waals surface area (Å²) < 4.78 is 0. The van der Waals surface area contributed by atoms with Gasteiger partial charge in [0.1, 0.15) is 0 Å². The average molecular weight is 294 g/mol. The summed E-state index contributed by atoms with van der Waals surface area (Å²) >= 11 is 0. The second-order valence-corrected chi connectivity index (χ2v) is 6.67. The number of fused-ring (bicyclic) bond motifs is 3. The molecule has 0 bridgehead atoms. The number of allylic oxidation sites excluding steroid dienone is 2. The number of hydrogen-bond donors (Lipinski definition) is 1. The number of aryl methyl sites for hydroxylation is 1. The number of H-pyrrole nitrogens is 1. The van der Waals surface area contributed by atoms with Crippen molar-refractivity contribution in [2.24, 2.45) is 5.92 Å². The molecule has 0 radical (unpaired) electrons. The Labute approximate surface area is 131 Å². The van der Waals surface area contributed by atoms with Crippen LogP contribution in [0.4, 0.5) is 0 Å². The number of amides is 1. The molecule has 1 atom stereocenters. The molecule has 0 fully saturated rings. The maximum absolute atomic E-state index is 12.6. The van der Waals surface area contributed by atoms with E-state index in [1.807, 2.05) is 4.90 Å². The lowest BCUT2D eigenvalue weighted by molar-refractivity contribution is -0.132. The highest BCUT2D eigenvalue weighted by molar-refractivity contribution is 5.86. The Hall–Kier alpha value is -2.03. The van der Waals surface area contributed by atoms with Crippen molar-refractivity contribution in [3.63, 3.8) is 0 Å². The Morgan fingerprint density at radius 1 is 1.41 bits per heavy atom. The quantitative estimate of drug-likeness (QED) is 0.842. The molecule has 22 heavy (non-hydrogen) atoms. The summed E-state index contributed by atoms with van der Waals surface area (Å²) in [5, 5.41) is 1.29. The highest BCUT2D eigenvalue weighted by atomic mass is 16.2. The van der Waals surface area contributed by atoms with Crippen LogP contribution in [-0.2, 0) is 17.8 Å². The highest BCUT2D eigenvalue weighted by Gasteiger charge is 2.25. The van der Waals surface area contributed by atoms with Crippen LogP contribution in [0.25, 0.3) is 10.9 Å². The summed E-state index contributed by atoms with van der Waals surface area (Å²) in [6.45, 7) is 3.72. The Morgan fingerprint density at radius 3 is 3.14 bits per heavy atom. The molecule has 3 heteroatoms. The zero-order valence-electron chi connectivity index (χ0n) is 13.1. The van der Waals surface area contributed by atoms with Gasteiger partial charge in [-0.3, -0.25) is 4.79 Å². The van der Waals surface area contributed by atoms with Gasteiger partial charge in [0, 0.05) is 48.1 Å². The van der Waals surface area contributed by atoms with E-state index in [0.717, 1.165) is 32.4 Å². The largest absolute Gasteiger partial charge is 0.358 e. The molecule has 1 N–H and O–H groups in total. The van der Waals surface area contributed by atoms with Gasteiger partial charge in [0.2, 0.25) is 5.91 Å². The Bertz CT molecular complexity index is 756. The molecule has 2 heterocycles. The molecule has 0 spiro atoms. The van der Waals surface area contributed by atoms with Crippen LogP contribution in [0.2, 0.25) is 0 Å². The van der Waals surface area contributed by atoms with E-state index in [9.17, 15) is 4.79 Å². The lowest BCUT2D eigenvalue weighted by atomic mass is 10.0. The van der Waals surface area contributed by atoms with Gasteiger partial charge in [-0.2, -0.15) is 0 Å². The summed E-state index contributed by atoms with van der Waals surface area (Å²) in [5.41, 5.74) is 5.10. The number of rotatable bonds is 2. The molecule has 2 aliphatic rings. The topological polar surface area (TPSA) is 36.1 Å². The number of hydrogen-bond acceptors (Lipinski definition) is 1. The van der Waals surface area contributed by atoms with Crippen molar-refractivity contribution < 1.29 is 4.79 Å². The molecular formula is C19H22N2O. The molecule has 1 aliphatic carbocycles. The van der Waals surface area contributed by atoms with Gasteiger partial charge in [-0.1, -0.05) is 23.8 Å². The lowest BCUT2D eigenvalue weighted by Crippen LogP contribution is -2.36. The van der Waals surface area contributed by atoms with Crippen molar-refractivity contribution in [3.8, 4) is 0 Å². The third-order valence-corrected chi connectivity index (χ3v) is 5.03. The third kappa shape index (κ3) is 2.35. The van der Waals surface area contributed by atoms with Crippen LogP contribution in [0.15, 0.2) is 30.4 Å². The van der Waals surface area contributed by atoms with E-state index in [1.54, 1.807) is 0 Å². The molecule has 1 aliphatic heterocycles. The van der Waals surface area contributed by atoms with Crippen LogP contribution in [0.1, 0.15) is 36.1 Å². The first kappa shape index (κ1) is 13.6. The first-order chi connectivity index (χ1) is 10.7. The number of nitrogens with one attached hydrogen (secondary N) is 1. The number of benzene rings is 1. The van der Waals surface area contributed by atoms with E-state index in [1.165, 1.54) is 27.7 Å². The van der Waals surface area contributed by atoms with E-state index in [2.05, 4.69) is 42.3 Å². The van der Waals surface area contributed by atoms with Crippen LogP contribution in [0.3, 0.4) is 0 Å². The second-order valence-electron chi connectivity index (χ2n) is 6.67. The number of nitrogens with zero attached hydrogens (tertiary/aromatic N) is 1. The van der Waals surface area contributed by atoms with Crippen molar-refractivity contribution in [2.45, 2.75) is 39.2 Å². The van der Waals surface area contributed by atoms with Crippen LogP contribution in [0.5, 0.6) is 0 Å². The zero-order valence-corrected chi connectivity index (χ0v) is 13.1. The predicted molar refractivity (Wildman–Crippen MR) is 88.6 cm³/mol. The van der Waals surface area contributed by atoms with Gasteiger partial charge in [-0.15, -0.1) is 0 Å². The molecule has 1 aromatic heterocycles. The fraction of sp³-hybridized carbons (Fsp3) is 0.421. The van der Waals surface area contributed by atoms with Crippen molar-refractivity contribution in [1.82, 2.24) is 9.88 Å². The smallest absolute Gasteiger partial charge is 0.223 e. The fourth-order valence-corrected chi connectivity index (χ4v) is 3.76. The normalized spacial score (nSPS) is 20.6. The maximum atomic E-state index is 12.6. The Kier molecular flexibility index (Phi) is 3.29. The van der Waals surface area contributed by atoms with Gasteiger partial charge < -0.3 is 9.88 Å². The molecule has 2 aromatic rings. The van der Waals surface area contributed by atoms with Crippen LogP contribution < -0.4 is 0 Å². The highest BCUT2D eigenvalue weighted by Crippen LogP contribution is 2.29. The average Bonchev–Trinajstić information content (AvgIpc) is 3.14. The molecule has 114 valence electrons. The third-order valence-electron chi connectivity index (χ3n) is 5.03. The number of carbonyl (C=O) groups is 1. The zero-order chi connectivity index (χ0) is 15.1. The summed E-state index contributed by atoms with van der Waals surface area (Å²) in [6, 6.07) is 6.52. The minimum Gasteiger partial charge on any atom is -0.358 e.